The molecule has 0 spiro atoms. The molecule has 0 aliphatic heterocycles. The lowest BCUT2D eigenvalue weighted by atomic mass is 10.2. The quantitative estimate of drug-likeness (QED) is 0.848. The van der Waals surface area contributed by atoms with Crippen molar-refractivity contribution in [1.29, 1.82) is 0 Å². The zero-order chi connectivity index (χ0) is 15.2. The molecule has 2 N–H and O–H groups in total. The molecule has 2 aromatic heterocycles. The third-order valence-corrected chi connectivity index (χ3v) is 4.26. The number of pyridine rings is 1. The molecule has 1 amide bonds. The fraction of sp³-hybridized carbons (Fsp3) is 0.231. The molecule has 0 saturated heterocycles. The van der Waals surface area contributed by atoms with Crippen LogP contribution in [0.5, 0.6) is 0 Å². The molecular weight excluding hydrogens is 310 g/mol. The molecule has 0 atom stereocenters. The maximum Gasteiger partial charge on any atom is 0.337 e. The van der Waals surface area contributed by atoms with Crippen LogP contribution < -0.4 is 5.32 Å². The SMILES string of the molecule is Cc1nc(CSCC(=O)Nc2cnccc2C(=O)O)cs1. The van der Waals surface area contributed by atoms with Crippen LogP contribution in [-0.2, 0) is 10.5 Å². The van der Waals surface area contributed by atoms with Gasteiger partial charge in [0.25, 0.3) is 0 Å². The van der Waals surface area contributed by atoms with Crippen LogP contribution in [0, 0.1) is 6.92 Å². The van der Waals surface area contributed by atoms with Crippen LogP contribution in [0.4, 0.5) is 5.69 Å². The predicted molar refractivity (Wildman–Crippen MR) is 82.8 cm³/mol. The third-order valence-electron chi connectivity index (χ3n) is 2.48. The van der Waals surface area contributed by atoms with Gasteiger partial charge in [0.05, 0.1) is 33.9 Å². The van der Waals surface area contributed by atoms with Gasteiger partial charge in [-0.15, -0.1) is 23.1 Å². The van der Waals surface area contributed by atoms with Gasteiger partial charge in [-0.25, -0.2) is 9.78 Å². The smallest absolute Gasteiger partial charge is 0.337 e. The molecular formula is C13H13N3O3S2. The molecule has 0 bridgehead atoms. The molecule has 0 radical (unpaired) electrons. The largest absolute Gasteiger partial charge is 0.478 e. The number of thioether (sulfide) groups is 1. The topological polar surface area (TPSA) is 92.2 Å². The fourth-order valence-electron chi connectivity index (χ4n) is 1.59. The summed E-state index contributed by atoms with van der Waals surface area (Å²) in [5.41, 5.74) is 1.18. The lowest BCUT2D eigenvalue weighted by molar-refractivity contribution is -0.113. The van der Waals surface area contributed by atoms with Crippen molar-refractivity contribution in [3.63, 3.8) is 0 Å². The lowest BCUT2D eigenvalue weighted by Gasteiger charge is -2.07. The van der Waals surface area contributed by atoms with E-state index in [1.54, 1.807) is 11.3 Å². The van der Waals surface area contributed by atoms with Gasteiger partial charge in [-0.1, -0.05) is 0 Å². The van der Waals surface area contributed by atoms with Gasteiger partial charge in [0.2, 0.25) is 5.91 Å². The monoisotopic (exact) mass is 323 g/mol. The van der Waals surface area contributed by atoms with E-state index >= 15 is 0 Å². The Balaban J connectivity index is 1.86. The van der Waals surface area contributed by atoms with Crippen LogP contribution in [0.3, 0.4) is 0 Å². The molecule has 0 fully saturated rings. The predicted octanol–water partition coefficient (Wildman–Crippen LogP) is 2.42. The Hall–Kier alpha value is -1.93. The van der Waals surface area contributed by atoms with E-state index in [9.17, 15) is 9.59 Å². The van der Waals surface area contributed by atoms with Crippen LogP contribution in [0.25, 0.3) is 0 Å². The number of rotatable bonds is 6. The molecule has 110 valence electrons. The summed E-state index contributed by atoms with van der Waals surface area (Å²) < 4.78 is 0. The number of carbonyl (C=O) groups excluding carboxylic acids is 1. The van der Waals surface area contributed by atoms with Crippen molar-refractivity contribution in [3.05, 3.63) is 40.1 Å². The van der Waals surface area contributed by atoms with Gasteiger partial charge >= 0.3 is 5.97 Å². The number of aryl methyl sites for hydroxylation is 1. The number of amides is 1. The van der Waals surface area contributed by atoms with Crippen molar-refractivity contribution >= 4 is 40.7 Å². The number of nitrogens with one attached hydrogen (secondary N) is 1. The van der Waals surface area contributed by atoms with Crippen molar-refractivity contribution in [2.75, 3.05) is 11.1 Å². The number of aromatic nitrogens is 2. The molecule has 0 saturated carbocycles. The van der Waals surface area contributed by atoms with E-state index in [2.05, 4.69) is 15.3 Å². The van der Waals surface area contributed by atoms with Crippen LogP contribution in [-0.4, -0.2) is 32.7 Å². The van der Waals surface area contributed by atoms with Gasteiger partial charge in [-0.2, -0.15) is 0 Å². The average molecular weight is 323 g/mol. The van der Waals surface area contributed by atoms with Crippen LogP contribution in [0.1, 0.15) is 21.1 Å². The van der Waals surface area contributed by atoms with Crippen molar-refractivity contribution in [3.8, 4) is 0 Å². The third kappa shape index (κ3) is 4.54. The minimum absolute atomic E-state index is 0.0264. The molecule has 2 heterocycles. The first kappa shape index (κ1) is 15.5. The van der Waals surface area contributed by atoms with Gasteiger partial charge < -0.3 is 10.4 Å². The second kappa shape index (κ2) is 7.19. The molecule has 0 aromatic carbocycles. The number of anilines is 1. The number of carboxylic acids is 1. The standard InChI is InChI=1S/C13H13N3O3S2/c1-8-15-9(6-21-8)5-20-7-12(17)16-11-4-14-3-2-10(11)13(18)19/h2-4,6H,5,7H2,1H3,(H,16,17)(H,18,19). The molecule has 21 heavy (non-hydrogen) atoms. The average Bonchev–Trinajstić information content (AvgIpc) is 2.85. The molecule has 6 nitrogen and oxygen atoms in total. The second-order valence-electron chi connectivity index (χ2n) is 4.13. The summed E-state index contributed by atoms with van der Waals surface area (Å²) in [6.45, 7) is 1.93. The summed E-state index contributed by atoms with van der Waals surface area (Å²) in [7, 11) is 0. The van der Waals surface area contributed by atoms with Gasteiger partial charge in [0, 0.05) is 17.3 Å². The molecule has 2 aromatic rings. The maximum absolute atomic E-state index is 11.8. The number of nitrogens with zero attached hydrogens (tertiary/aromatic N) is 2. The molecule has 8 heteroatoms. The van der Waals surface area contributed by atoms with Gasteiger partial charge in [0.1, 0.15) is 0 Å². The Kier molecular flexibility index (Phi) is 5.29. The highest BCUT2D eigenvalue weighted by Gasteiger charge is 2.12. The Bertz CT molecular complexity index is 658. The second-order valence-corrected chi connectivity index (χ2v) is 6.17. The molecule has 2 rings (SSSR count). The highest BCUT2D eigenvalue weighted by Crippen LogP contribution is 2.17. The minimum Gasteiger partial charge on any atom is -0.478 e. The number of hydrogen-bond acceptors (Lipinski definition) is 6. The fourth-order valence-corrected chi connectivity index (χ4v) is 3.02. The van der Waals surface area contributed by atoms with Crippen LogP contribution >= 0.6 is 23.1 Å². The van der Waals surface area contributed by atoms with E-state index in [0.29, 0.717) is 5.75 Å². The maximum atomic E-state index is 11.8. The van der Waals surface area contributed by atoms with Gasteiger partial charge in [-0.05, 0) is 13.0 Å². The van der Waals surface area contributed by atoms with E-state index in [1.807, 2.05) is 12.3 Å². The molecule has 0 aliphatic rings. The van der Waals surface area contributed by atoms with E-state index in [-0.39, 0.29) is 22.9 Å². The Morgan fingerprint density at radius 1 is 1.48 bits per heavy atom. The highest BCUT2D eigenvalue weighted by atomic mass is 32.2. The van der Waals surface area contributed by atoms with Crippen molar-refractivity contribution in [1.82, 2.24) is 9.97 Å². The first-order chi connectivity index (χ1) is 10.1. The number of aromatic carboxylic acids is 1. The zero-order valence-corrected chi connectivity index (χ0v) is 12.8. The van der Waals surface area contributed by atoms with Gasteiger partial charge in [-0.3, -0.25) is 9.78 Å². The van der Waals surface area contributed by atoms with Crippen molar-refractivity contribution in [2.24, 2.45) is 0 Å². The zero-order valence-electron chi connectivity index (χ0n) is 11.2. The van der Waals surface area contributed by atoms with Crippen molar-refractivity contribution < 1.29 is 14.7 Å². The van der Waals surface area contributed by atoms with E-state index in [4.69, 9.17) is 5.11 Å². The summed E-state index contributed by atoms with van der Waals surface area (Å²) in [6.07, 6.45) is 2.70. The Morgan fingerprint density at radius 3 is 2.95 bits per heavy atom. The normalized spacial score (nSPS) is 10.3. The van der Waals surface area contributed by atoms with E-state index < -0.39 is 5.97 Å². The summed E-state index contributed by atoms with van der Waals surface area (Å²) in [4.78, 5) is 31.0. The first-order valence-corrected chi connectivity index (χ1v) is 8.05. The van der Waals surface area contributed by atoms with E-state index in [1.165, 1.54) is 30.2 Å². The summed E-state index contributed by atoms with van der Waals surface area (Å²) in [5.74, 6) is -0.484. The first-order valence-electron chi connectivity index (χ1n) is 6.02. The van der Waals surface area contributed by atoms with E-state index in [0.717, 1.165) is 10.7 Å². The van der Waals surface area contributed by atoms with Gasteiger partial charge in [0.15, 0.2) is 0 Å². The lowest BCUT2D eigenvalue weighted by Crippen LogP contribution is -2.17. The number of hydrogen-bond donors (Lipinski definition) is 2. The molecule has 0 unspecified atom stereocenters. The number of carbonyl (C=O) groups is 2. The van der Waals surface area contributed by atoms with Crippen LogP contribution in [0.15, 0.2) is 23.8 Å². The number of thiazole rings is 1. The minimum atomic E-state index is -1.10. The molecule has 0 aliphatic carbocycles. The summed E-state index contributed by atoms with van der Waals surface area (Å²) in [5, 5.41) is 14.5. The Labute approximate surface area is 129 Å². The van der Waals surface area contributed by atoms with Crippen molar-refractivity contribution in [2.45, 2.75) is 12.7 Å². The summed E-state index contributed by atoms with van der Waals surface area (Å²) in [6, 6.07) is 1.35. The Morgan fingerprint density at radius 2 is 2.29 bits per heavy atom. The number of carboxylic acid groups (broad SMARTS) is 1. The van der Waals surface area contributed by atoms with Crippen LogP contribution in [0.2, 0.25) is 0 Å². The highest BCUT2D eigenvalue weighted by molar-refractivity contribution is 7.99. The summed E-state index contributed by atoms with van der Waals surface area (Å²) >= 11 is 3.00.